The first-order chi connectivity index (χ1) is 10.3. The monoisotopic (exact) mass is 328 g/mol. The molecule has 0 bridgehead atoms. The summed E-state index contributed by atoms with van der Waals surface area (Å²) in [5, 5.41) is 11.0. The molecule has 1 amide bonds. The van der Waals surface area contributed by atoms with Crippen molar-refractivity contribution in [1.82, 2.24) is 9.62 Å². The molecule has 8 heteroatoms. The van der Waals surface area contributed by atoms with Gasteiger partial charge in [0, 0.05) is 25.2 Å². The number of nitrogens with one attached hydrogen (secondary N) is 1. The van der Waals surface area contributed by atoms with Gasteiger partial charge >= 0.3 is 5.97 Å². The van der Waals surface area contributed by atoms with Gasteiger partial charge in [0.05, 0.1) is 11.3 Å². The first-order valence-corrected chi connectivity index (χ1v) is 8.37. The van der Waals surface area contributed by atoms with Crippen LogP contribution < -0.4 is 5.32 Å². The van der Waals surface area contributed by atoms with Crippen LogP contribution in [0.5, 0.6) is 0 Å². The van der Waals surface area contributed by atoms with Gasteiger partial charge in [-0.3, -0.25) is 9.59 Å². The highest BCUT2D eigenvalue weighted by molar-refractivity contribution is 7.89. The molecule has 0 radical (unpaired) electrons. The van der Waals surface area contributed by atoms with Gasteiger partial charge in [0.2, 0.25) is 10.0 Å². The number of hydrogen-bond acceptors (Lipinski definition) is 4. The zero-order valence-corrected chi connectivity index (χ0v) is 13.4. The summed E-state index contributed by atoms with van der Waals surface area (Å²) in [5.41, 5.74) is 0.179. The molecule has 0 heterocycles. The van der Waals surface area contributed by atoms with E-state index in [1.165, 1.54) is 28.6 Å². The summed E-state index contributed by atoms with van der Waals surface area (Å²) in [6.07, 6.45) is -0.191. The van der Waals surface area contributed by atoms with Crippen molar-refractivity contribution in [1.29, 1.82) is 0 Å². The van der Waals surface area contributed by atoms with Crippen LogP contribution in [0, 0.1) is 0 Å². The molecule has 1 aromatic carbocycles. The number of sulfonamides is 1. The van der Waals surface area contributed by atoms with Crippen LogP contribution in [0.3, 0.4) is 0 Å². The van der Waals surface area contributed by atoms with E-state index < -0.39 is 21.9 Å². The summed E-state index contributed by atoms with van der Waals surface area (Å²) in [4.78, 5) is 22.4. The van der Waals surface area contributed by atoms with Gasteiger partial charge < -0.3 is 10.4 Å². The van der Waals surface area contributed by atoms with Crippen molar-refractivity contribution < 1.29 is 23.1 Å². The van der Waals surface area contributed by atoms with Crippen molar-refractivity contribution >= 4 is 21.9 Å². The van der Waals surface area contributed by atoms with Crippen LogP contribution in [0.25, 0.3) is 0 Å². The van der Waals surface area contributed by atoms with Gasteiger partial charge in [0.15, 0.2) is 0 Å². The second kappa shape index (κ2) is 7.90. The van der Waals surface area contributed by atoms with E-state index in [0.717, 1.165) is 0 Å². The summed E-state index contributed by atoms with van der Waals surface area (Å²) in [5.74, 6) is -1.52. The van der Waals surface area contributed by atoms with Crippen molar-refractivity contribution in [3.05, 3.63) is 29.8 Å². The standard InChI is InChI=1S/C14H20N2O5S/c1-3-16(4-2)22(20,21)12-7-5-6-11(10-12)14(19)15-9-8-13(17)18/h5-7,10H,3-4,8-9H2,1-2H3,(H,15,19)(H,17,18). The normalized spacial score (nSPS) is 11.4. The average Bonchev–Trinajstić information content (AvgIpc) is 2.48. The molecule has 122 valence electrons. The highest BCUT2D eigenvalue weighted by Crippen LogP contribution is 2.16. The van der Waals surface area contributed by atoms with E-state index in [2.05, 4.69) is 5.32 Å². The molecule has 0 fully saturated rings. The summed E-state index contributed by atoms with van der Waals surface area (Å²) in [6, 6.07) is 5.70. The van der Waals surface area contributed by atoms with Crippen LogP contribution in [0.1, 0.15) is 30.6 Å². The molecular formula is C14H20N2O5S. The smallest absolute Gasteiger partial charge is 0.305 e. The number of carbonyl (C=O) groups excluding carboxylic acids is 1. The Hall–Kier alpha value is -1.93. The van der Waals surface area contributed by atoms with E-state index in [0.29, 0.717) is 13.1 Å². The van der Waals surface area contributed by atoms with Crippen molar-refractivity contribution in [3.8, 4) is 0 Å². The Bertz CT molecular complexity index is 638. The van der Waals surface area contributed by atoms with E-state index >= 15 is 0 Å². The van der Waals surface area contributed by atoms with Gasteiger partial charge in [-0.2, -0.15) is 4.31 Å². The molecule has 1 aromatic rings. The van der Waals surface area contributed by atoms with Gasteiger partial charge in [-0.15, -0.1) is 0 Å². The molecule has 0 atom stereocenters. The molecule has 1 rings (SSSR count). The van der Waals surface area contributed by atoms with Gasteiger partial charge in [0.25, 0.3) is 5.91 Å². The molecule has 0 unspecified atom stereocenters. The zero-order chi connectivity index (χ0) is 16.8. The maximum atomic E-state index is 12.4. The van der Waals surface area contributed by atoms with Crippen molar-refractivity contribution in [2.45, 2.75) is 25.2 Å². The van der Waals surface area contributed by atoms with Gasteiger partial charge in [0.1, 0.15) is 0 Å². The van der Waals surface area contributed by atoms with Crippen LogP contribution >= 0.6 is 0 Å². The number of rotatable bonds is 8. The van der Waals surface area contributed by atoms with Crippen LogP contribution in [0.15, 0.2) is 29.2 Å². The number of amides is 1. The SMILES string of the molecule is CCN(CC)S(=O)(=O)c1cccc(C(=O)NCCC(=O)O)c1. The highest BCUT2D eigenvalue weighted by atomic mass is 32.2. The van der Waals surface area contributed by atoms with E-state index in [9.17, 15) is 18.0 Å². The zero-order valence-electron chi connectivity index (χ0n) is 12.6. The highest BCUT2D eigenvalue weighted by Gasteiger charge is 2.22. The molecule has 0 saturated carbocycles. The number of benzene rings is 1. The topological polar surface area (TPSA) is 104 Å². The fraction of sp³-hybridized carbons (Fsp3) is 0.429. The minimum Gasteiger partial charge on any atom is -0.481 e. The second-order valence-corrected chi connectivity index (χ2v) is 6.45. The van der Waals surface area contributed by atoms with Crippen LogP contribution in [-0.2, 0) is 14.8 Å². The second-order valence-electron chi connectivity index (χ2n) is 4.52. The van der Waals surface area contributed by atoms with Crippen LogP contribution in [-0.4, -0.2) is 49.3 Å². The van der Waals surface area contributed by atoms with E-state index in [-0.39, 0.29) is 23.4 Å². The minimum atomic E-state index is -3.63. The molecule has 0 saturated heterocycles. The Labute approximate surface area is 130 Å². The Kier molecular flexibility index (Phi) is 6.51. The quantitative estimate of drug-likeness (QED) is 0.738. The number of carboxylic acid groups (broad SMARTS) is 1. The summed E-state index contributed by atoms with van der Waals surface area (Å²) < 4.78 is 26.1. The lowest BCUT2D eigenvalue weighted by molar-refractivity contribution is -0.136. The molecule has 0 aliphatic heterocycles. The van der Waals surface area contributed by atoms with Crippen molar-refractivity contribution in [3.63, 3.8) is 0 Å². The average molecular weight is 328 g/mol. The fourth-order valence-corrected chi connectivity index (χ4v) is 3.40. The molecule has 0 spiro atoms. The number of carboxylic acids is 1. The van der Waals surface area contributed by atoms with Crippen LogP contribution in [0.4, 0.5) is 0 Å². The van der Waals surface area contributed by atoms with Crippen molar-refractivity contribution in [2.24, 2.45) is 0 Å². The summed E-state index contributed by atoms with van der Waals surface area (Å²) in [6.45, 7) is 4.15. The third kappa shape index (κ3) is 4.54. The summed E-state index contributed by atoms with van der Waals surface area (Å²) in [7, 11) is -3.63. The largest absolute Gasteiger partial charge is 0.481 e. The molecule has 0 aliphatic carbocycles. The van der Waals surface area contributed by atoms with Crippen LogP contribution in [0.2, 0.25) is 0 Å². The Morgan fingerprint density at radius 3 is 2.41 bits per heavy atom. The summed E-state index contributed by atoms with van der Waals surface area (Å²) >= 11 is 0. The minimum absolute atomic E-state index is 0.0127. The Balaban J connectivity index is 2.94. The molecule has 7 nitrogen and oxygen atoms in total. The predicted octanol–water partition coefficient (Wildman–Crippen LogP) is 0.922. The van der Waals surface area contributed by atoms with E-state index in [1.54, 1.807) is 13.8 Å². The van der Waals surface area contributed by atoms with Gasteiger partial charge in [-0.25, -0.2) is 8.42 Å². The Morgan fingerprint density at radius 2 is 1.86 bits per heavy atom. The Morgan fingerprint density at radius 1 is 1.23 bits per heavy atom. The lowest BCUT2D eigenvalue weighted by atomic mass is 10.2. The number of hydrogen-bond donors (Lipinski definition) is 2. The lowest BCUT2D eigenvalue weighted by Crippen LogP contribution is -2.31. The van der Waals surface area contributed by atoms with Gasteiger partial charge in [-0.1, -0.05) is 19.9 Å². The van der Waals surface area contributed by atoms with E-state index in [1.807, 2.05) is 0 Å². The molecular weight excluding hydrogens is 308 g/mol. The number of nitrogens with zero attached hydrogens (tertiary/aromatic N) is 1. The fourth-order valence-electron chi connectivity index (χ4n) is 1.90. The number of aliphatic carboxylic acids is 1. The maximum absolute atomic E-state index is 12.4. The molecule has 2 N–H and O–H groups in total. The lowest BCUT2D eigenvalue weighted by Gasteiger charge is -2.18. The van der Waals surface area contributed by atoms with Crippen molar-refractivity contribution in [2.75, 3.05) is 19.6 Å². The third-order valence-electron chi connectivity index (χ3n) is 3.06. The third-order valence-corrected chi connectivity index (χ3v) is 5.11. The molecule has 0 aliphatic rings. The van der Waals surface area contributed by atoms with Gasteiger partial charge in [-0.05, 0) is 18.2 Å². The predicted molar refractivity (Wildman–Crippen MR) is 81.1 cm³/mol. The van der Waals surface area contributed by atoms with E-state index in [4.69, 9.17) is 5.11 Å². The first-order valence-electron chi connectivity index (χ1n) is 6.93. The number of carbonyl (C=O) groups is 2. The first kappa shape index (κ1) is 18.1. The maximum Gasteiger partial charge on any atom is 0.305 e. The molecule has 22 heavy (non-hydrogen) atoms. The molecule has 0 aromatic heterocycles.